The summed E-state index contributed by atoms with van der Waals surface area (Å²) in [4.78, 5) is 0. The van der Waals surface area contributed by atoms with E-state index in [1.807, 2.05) is 0 Å². The Labute approximate surface area is 90.8 Å². The van der Waals surface area contributed by atoms with Gasteiger partial charge in [-0.1, -0.05) is 18.7 Å². The number of halogens is 4. The van der Waals surface area contributed by atoms with E-state index in [1.165, 1.54) is 6.08 Å². The highest BCUT2D eigenvalue weighted by atomic mass is 19.4. The molecule has 0 aliphatic rings. The lowest BCUT2D eigenvalue weighted by atomic mass is 9.80. The Morgan fingerprint density at radius 3 is 2.50 bits per heavy atom. The molecule has 0 heterocycles. The molecule has 0 amide bonds. The third-order valence-corrected chi connectivity index (χ3v) is 1.98. The van der Waals surface area contributed by atoms with Gasteiger partial charge in [0.25, 0.3) is 0 Å². The topological polar surface area (TPSA) is 9.23 Å². The lowest BCUT2D eigenvalue weighted by molar-refractivity contribution is 0.257. The Bertz CT molecular complexity index is 389. The highest BCUT2D eigenvalue weighted by Crippen LogP contribution is 2.19. The van der Waals surface area contributed by atoms with E-state index in [4.69, 9.17) is 4.74 Å². The van der Waals surface area contributed by atoms with E-state index >= 15 is 0 Å². The Kier molecular flexibility index (Phi) is 3.62. The summed E-state index contributed by atoms with van der Waals surface area (Å²) in [6.07, 6.45) is 0.815. The van der Waals surface area contributed by atoms with E-state index in [0.29, 0.717) is 12.1 Å². The third-order valence-electron chi connectivity index (χ3n) is 1.98. The summed E-state index contributed by atoms with van der Waals surface area (Å²) in [6, 6.07) is 2.10. The monoisotopic (exact) mass is 233 g/mol. The molecule has 0 aromatic heterocycles. The maximum absolute atomic E-state index is 13.1. The zero-order valence-corrected chi connectivity index (χ0v) is 8.59. The zero-order chi connectivity index (χ0) is 12.3. The standard InChI is InChI=1S/C10H10BF4O/c1-3-7(2)16-10-6-8(11(13,14)15)4-5-9(10)12/h3-7H,1H2,2H3/q-1. The molecule has 1 rings (SSSR count). The van der Waals surface area contributed by atoms with Crippen LogP contribution >= 0.6 is 0 Å². The summed E-state index contributed by atoms with van der Waals surface area (Å²) in [5, 5.41) is 0. The molecule has 6 heteroatoms. The van der Waals surface area contributed by atoms with Crippen molar-refractivity contribution in [2.45, 2.75) is 13.0 Å². The van der Waals surface area contributed by atoms with Crippen LogP contribution < -0.4 is 10.2 Å². The Hall–Kier alpha value is -1.46. The normalized spacial score (nSPS) is 13.3. The molecule has 0 spiro atoms. The van der Waals surface area contributed by atoms with Crippen molar-refractivity contribution in [2.24, 2.45) is 0 Å². The zero-order valence-electron chi connectivity index (χ0n) is 8.59. The minimum atomic E-state index is -5.15. The van der Waals surface area contributed by atoms with Gasteiger partial charge in [0.15, 0.2) is 11.6 Å². The van der Waals surface area contributed by atoms with E-state index in [9.17, 15) is 17.3 Å². The smallest absolute Gasteiger partial charge is 0.484 e. The van der Waals surface area contributed by atoms with Crippen LogP contribution in [-0.2, 0) is 0 Å². The Balaban J connectivity index is 3.04. The van der Waals surface area contributed by atoms with Gasteiger partial charge in [0.2, 0.25) is 0 Å². The van der Waals surface area contributed by atoms with Crippen molar-refractivity contribution in [1.29, 1.82) is 0 Å². The van der Waals surface area contributed by atoms with Crippen LogP contribution in [0.1, 0.15) is 6.92 Å². The minimum Gasteiger partial charge on any atom is -0.484 e. The van der Waals surface area contributed by atoms with Crippen LogP contribution in [0, 0.1) is 5.82 Å². The first-order valence-corrected chi connectivity index (χ1v) is 4.63. The summed E-state index contributed by atoms with van der Waals surface area (Å²) in [5.41, 5.74) is -0.882. The fourth-order valence-electron chi connectivity index (χ4n) is 1.06. The summed E-state index contributed by atoms with van der Waals surface area (Å²) in [5.74, 6) is -1.23. The van der Waals surface area contributed by atoms with Gasteiger partial charge in [-0.25, -0.2) is 4.39 Å². The van der Waals surface area contributed by atoms with E-state index in [2.05, 4.69) is 6.58 Å². The molecular weight excluding hydrogens is 223 g/mol. The van der Waals surface area contributed by atoms with Gasteiger partial charge in [-0.3, -0.25) is 0 Å². The van der Waals surface area contributed by atoms with Crippen molar-refractivity contribution in [1.82, 2.24) is 0 Å². The quantitative estimate of drug-likeness (QED) is 0.441. The number of benzene rings is 1. The molecule has 1 atom stereocenters. The summed E-state index contributed by atoms with van der Waals surface area (Å²) >= 11 is 0. The SMILES string of the molecule is C=CC(C)Oc1cc([B-](F)(F)F)ccc1F. The second-order valence-corrected chi connectivity index (χ2v) is 3.32. The first kappa shape index (κ1) is 12.6. The van der Waals surface area contributed by atoms with Gasteiger partial charge < -0.3 is 17.7 Å². The average molecular weight is 233 g/mol. The van der Waals surface area contributed by atoms with Crippen molar-refractivity contribution in [3.8, 4) is 5.75 Å². The molecule has 1 aromatic carbocycles. The number of rotatable bonds is 4. The molecule has 0 aliphatic heterocycles. The van der Waals surface area contributed by atoms with Crippen LogP contribution in [-0.4, -0.2) is 13.1 Å². The predicted octanol–water partition coefficient (Wildman–Crippen LogP) is 2.83. The lowest BCUT2D eigenvalue weighted by Gasteiger charge is -2.18. The van der Waals surface area contributed by atoms with Gasteiger partial charge in [-0.2, -0.15) is 0 Å². The van der Waals surface area contributed by atoms with Gasteiger partial charge >= 0.3 is 6.98 Å². The molecule has 1 aromatic rings. The average Bonchev–Trinajstić information content (AvgIpc) is 2.19. The molecule has 88 valence electrons. The van der Waals surface area contributed by atoms with Crippen molar-refractivity contribution >= 4 is 12.4 Å². The summed E-state index contributed by atoms with van der Waals surface area (Å²) in [6.45, 7) is -0.200. The van der Waals surface area contributed by atoms with Crippen LogP contribution in [0.15, 0.2) is 30.9 Å². The maximum Gasteiger partial charge on any atom is 0.509 e. The summed E-state index contributed by atoms with van der Waals surface area (Å²) < 4.78 is 55.2. The predicted molar refractivity (Wildman–Crippen MR) is 55.4 cm³/mol. The number of hydrogen-bond acceptors (Lipinski definition) is 1. The van der Waals surface area contributed by atoms with E-state index < -0.39 is 30.1 Å². The number of hydrogen-bond donors (Lipinski definition) is 0. The first-order valence-electron chi connectivity index (χ1n) is 4.63. The van der Waals surface area contributed by atoms with Crippen molar-refractivity contribution in [3.63, 3.8) is 0 Å². The molecule has 0 radical (unpaired) electrons. The van der Waals surface area contributed by atoms with Crippen LogP contribution in [0.5, 0.6) is 5.75 Å². The van der Waals surface area contributed by atoms with Gasteiger partial charge in [0.05, 0.1) is 0 Å². The van der Waals surface area contributed by atoms with Crippen LogP contribution in [0.2, 0.25) is 0 Å². The van der Waals surface area contributed by atoms with Crippen LogP contribution in [0.3, 0.4) is 0 Å². The lowest BCUT2D eigenvalue weighted by Crippen LogP contribution is -2.34. The van der Waals surface area contributed by atoms with Gasteiger partial charge in [0.1, 0.15) is 6.10 Å². The van der Waals surface area contributed by atoms with Crippen molar-refractivity contribution < 1.29 is 22.1 Å². The summed E-state index contributed by atoms with van der Waals surface area (Å²) in [7, 11) is 0. The van der Waals surface area contributed by atoms with E-state index in [-0.39, 0.29) is 0 Å². The van der Waals surface area contributed by atoms with E-state index in [1.54, 1.807) is 6.92 Å². The van der Waals surface area contributed by atoms with Crippen molar-refractivity contribution in [2.75, 3.05) is 0 Å². The number of ether oxygens (including phenoxy) is 1. The van der Waals surface area contributed by atoms with E-state index in [0.717, 1.165) is 6.07 Å². The molecule has 0 N–H and O–H groups in total. The highest BCUT2D eigenvalue weighted by molar-refractivity contribution is 6.73. The van der Waals surface area contributed by atoms with Gasteiger partial charge in [-0.15, -0.1) is 5.46 Å². The molecule has 16 heavy (non-hydrogen) atoms. The molecule has 0 saturated carbocycles. The fourth-order valence-corrected chi connectivity index (χ4v) is 1.06. The minimum absolute atomic E-state index is 0.413. The molecule has 0 saturated heterocycles. The molecule has 0 bridgehead atoms. The van der Waals surface area contributed by atoms with Crippen LogP contribution in [0.25, 0.3) is 0 Å². The highest BCUT2D eigenvalue weighted by Gasteiger charge is 2.26. The molecule has 0 fully saturated rings. The second-order valence-electron chi connectivity index (χ2n) is 3.32. The van der Waals surface area contributed by atoms with Gasteiger partial charge in [0, 0.05) is 0 Å². The Morgan fingerprint density at radius 1 is 1.38 bits per heavy atom. The van der Waals surface area contributed by atoms with Crippen molar-refractivity contribution in [3.05, 3.63) is 36.7 Å². The third kappa shape index (κ3) is 3.02. The molecule has 0 aliphatic carbocycles. The molecule has 1 unspecified atom stereocenters. The largest absolute Gasteiger partial charge is 0.509 e. The molecular formula is C10H10BF4O-. The van der Waals surface area contributed by atoms with Gasteiger partial charge in [-0.05, 0) is 19.1 Å². The molecule has 1 nitrogen and oxygen atoms in total. The Morgan fingerprint density at radius 2 is 2.00 bits per heavy atom. The second kappa shape index (κ2) is 4.59. The van der Waals surface area contributed by atoms with Crippen LogP contribution in [0.4, 0.5) is 17.3 Å². The maximum atomic E-state index is 13.1. The fraction of sp³-hybridized carbons (Fsp3) is 0.200. The first-order chi connectivity index (χ1) is 7.34.